The Balaban J connectivity index is 2.08. The predicted octanol–water partition coefficient (Wildman–Crippen LogP) is 2.56. The van der Waals surface area contributed by atoms with Gasteiger partial charge < -0.3 is 15.4 Å². The number of ether oxygens (including phenoxy) is 1. The second-order valence-electron chi connectivity index (χ2n) is 4.71. The van der Waals surface area contributed by atoms with Crippen molar-refractivity contribution >= 4 is 23.2 Å². The summed E-state index contributed by atoms with van der Waals surface area (Å²) in [5.74, 6) is -0.00805. The number of anilines is 1. The Morgan fingerprint density at radius 1 is 1.58 bits per heavy atom. The van der Waals surface area contributed by atoms with E-state index in [1.54, 1.807) is 18.2 Å². The van der Waals surface area contributed by atoms with E-state index < -0.39 is 0 Å². The molecule has 5 heteroatoms. The molecule has 1 aromatic carbocycles. The molecular formula is C14H19ClN2O2. The molecule has 0 spiro atoms. The molecule has 4 nitrogen and oxygen atoms in total. The molecule has 2 rings (SSSR count). The Morgan fingerprint density at radius 2 is 2.37 bits per heavy atom. The first-order valence-corrected chi connectivity index (χ1v) is 6.95. The largest absolute Gasteiger partial charge is 0.398 e. The van der Waals surface area contributed by atoms with Crippen LogP contribution >= 0.6 is 11.6 Å². The Morgan fingerprint density at radius 3 is 3.05 bits per heavy atom. The van der Waals surface area contributed by atoms with E-state index in [9.17, 15) is 4.79 Å². The van der Waals surface area contributed by atoms with Crippen LogP contribution in [-0.2, 0) is 4.74 Å². The lowest BCUT2D eigenvalue weighted by Gasteiger charge is -2.32. The van der Waals surface area contributed by atoms with Gasteiger partial charge in [-0.25, -0.2) is 0 Å². The smallest absolute Gasteiger partial charge is 0.253 e. The van der Waals surface area contributed by atoms with Gasteiger partial charge in [0.1, 0.15) is 0 Å². The summed E-state index contributed by atoms with van der Waals surface area (Å²) < 4.78 is 5.60. The normalized spacial score (nSPS) is 19.5. The monoisotopic (exact) mass is 282 g/mol. The molecule has 19 heavy (non-hydrogen) atoms. The number of halogens is 1. The summed E-state index contributed by atoms with van der Waals surface area (Å²) in [6, 6.07) is 5.01. The molecule has 0 radical (unpaired) electrons. The lowest BCUT2D eigenvalue weighted by molar-refractivity contribution is 0.00724. The zero-order valence-corrected chi connectivity index (χ0v) is 11.8. The van der Waals surface area contributed by atoms with Crippen molar-refractivity contribution < 1.29 is 9.53 Å². The number of nitrogen functional groups attached to an aromatic ring is 1. The van der Waals surface area contributed by atoms with Crippen LogP contribution in [0, 0.1) is 0 Å². The lowest BCUT2D eigenvalue weighted by Crippen LogP contribution is -2.43. The van der Waals surface area contributed by atoms with Gasteiger partial charge in [-0.15, -0.1) is 0 Å². The van der Waals surface area contributed by atoms with Gasteiger partial charge in [0.2, 0.25) is 0 Å². The van der Waals surface area contributed by atoms with Crippen LogP contribution in [0.2, 0.25) is 5.02 Å². The van der Waals surface area contributed by atoms with Crippen LogP contribution < -0.4 is 5.73 Å². The molecule has 0 bridgehead atoms. The third-order valence-electron chi connectivity index (χ3n) is 3.32. The molecule has 1 saturated heterocycles. The van der Waals surface area contributed by atoms with Gasteiger partial charge in [-0.3, -0.25) is 4.79 Å². The average molecular weight is 283 g/mol. The number of likely N-dealkylation sites (tertiary alicyclic amines) is 1. The third kappa shape index (κ3) is 3.39. The molecule has 1 heterocycles. The van der Waals surface area contributed by atoms with Crippen LogP contribution in [0.5, 0.6) is 0 Å². The minimum atomic E-state index is -0.00805. The van der Waals surface area contributed by atoms with Gasteiger partial charge in [0, 0.05) is 25.3 Å². The molecule has 1 amide bonds. The van der Waals surface area contributed by atoms with Gasteiger partial charge in [-0.1, -0.05) is 11.6 Å². The maximum Gasteiger partial charge on any atom is 0.253 e. The van der Waals surface area contributed by atoms with Crippen molar-refractivity contribution in [2.24, 2.45) is 0 Å². The maximum atomic E-state index is 12.4. The Hall–Kier alpha value is -1.26. The van der Waals surface area contributed by atoms with E-state index >= 15 is 0 Å². The highest BCUT2D eigenvalue weighted by Crippen LogP contribution is 2.22. The molecular weight excluding hydrogens is 264 g/mol. The van der Waals surface area contributed by atoms with Crippen LogP contribution in [-0.4, -0.2) is 36.6 Å². The number of carbonyl (C=O) groups is 1. The number of hydrogen-bond acceptors (Lipinski definition) is 3. The topological polar surface area (TPSA) is 55.6 Å². The second-order valence-corrected chi connectivity index (χ2v) is 5.11. The molecule has 1 atom stereocenters. The van der Waals surface area contributed by atoms with E-state index in [0.29, 0.717) is 29.4 Å². The number of piperidine rings is 1. The van der Waals surface area contributed by atoms with E-state index in [2.05, 4.69) is 0 Å². The summed E-state index contributed by atoms with van der Waals surface area (Å²) in [5, 5.41) is 0.421. The highest BCUT2D eigenvalue weighted by molar-refractivity contribution is 6.33. The van der Waals surface area contributed by atoms with Crippen LogP contribution in [0.4, 0.5) is 5.69 Å². The minimum absolute atomic E-state index is 0.00805. The molecule has 0 aliphatic carbocycles. The first-order valence-electron chi connectivity index (χ1n) is 6.57. The molecule has 1 unspecified atom stereocenters. The van der Waals surface area contributed by atoms with E-state index in [1.165, 1.54) is 0 Å². The summed E-state index contributed by atoms with van der Waals surface area (Å²) in [6.07, 6.45) is 2.13. The molecule has 1 aliphatic heterocycles. The summed E-state index contributed by atoms with van der Waals surface area (Å²) in [4.78, 5) is 14.2. The SMILES string of the molecule is CCOC1CCCN(C(=O)c2ccc(N)c(Cl)c2)C1. The Labute approximate surface area is 118 Å². The van der Waals surface area contributed by atoms with Crippen molar-refractivity contribution in [2.45, 2.75) is 25.9 Å². The van der Waals surface area contributed by atoms with Gasteiger partial charge in [0.15, 0.2) is 0 Å². The average Bonchev–Trinajstić information content (AvgIpc) is 2.42. The fraction of sp³-hybridized carbons (Fsp3) is 0.500. The highest BCUT2D eigenvalue weighted by Gasteiger charge is 2.24. The number of amides is 1. The second kappa shape index (κ2) is 6.26. The molecule has 0 saturated carbocycles. The summed E-state index contributed by atoms with van der Waals surface area (Å²) in [5.41, 5.74) is 6.72. The van der Waals surface area contributed by atoms with Crippen LogP contribution in [0.3, 0.4) is 0 Å². The highest BCUT2D eigenvalue weighted by atomic mass is 35.5. The van der Waals surface area contributed by atoms with Crippen molar-refractivity contribution in [3.63, 3.8) is 0 Å². The lowest BCUT2D eigenvalue weighted by atomic mass is 10.1. The quantitative estimate of drug-likeness (QED) is 0.867. The Kier molecular flexibility index (Phi) is 4.66. The number of benzene rings is 1. The van der Waals surface area contributed by atoms with Crippen LogP contribution in [0.15, 0.2) is 18.2 Å². The van der Waals surface area contributed by atoms with Crippen molar-refractivity contribution in [3.05, 3.63) is 28.8 Å². The van der Waals surface area contributed by atoms with Crippen molar-refractivity contribution in [1.29, 1.82) is 0 Å². The zero-order chi connectivity index (χ0) is 13.8. The molecule has 104 valence electrons. The molecule has 1 aromatic rings. The molecule has 0 aromatic heterocycles. The summed E-state index contributed by atoms with van der Waals surface area (Å²) in [7, 11) is 0. The van der Waals surface area contributed by atoms with Crippen molar-refractivity contribution in [3.8, 4) is 0 Å². The number of nitrogens with zero attached hydrogens (tertiary/aromatic N) is 1. The van der Waals surface area contributed by atoms with Crippen LogP contribution in [0.1, 0.15) is 30.1 Å². The van der Waals surface area contributed by atoms with Gasteiger partial charge in [0.25, 0.3) is 5.91 Å². The molecule has 1 aliphatic rings. The van der Waals surface area contributed by atoms with E-state index in [4.69, 9.17) is 22.1 Å². The van der Waals surface area contributed by atoms with Crippen molar-refractivity contribution in [1.82, 2.24) is 4.90 Å². The summed E-state index contributed by atoms with van der Waals surface area (Å²) in [6.45, 7) is 4.07. The first kappa shape index (κ1) is 14.2. The van der Waals surface area contributed by atoms with E-state index in [-0.39, 0.29) is 12.0 Å². The van der Waals surface area contributed by atoms with Gasteiger partial charge in [0.05, 0.1) is 16.8 Å². The van der Waals surface area contributed by atoms with Crippen molar-refractivity contribution in [2.75, 3.05) is 25.4 Å². The maximum absolute atomic E-state index is 12.4. The van der Waals surface area contributed by atoms with Crippen LogP contribution in [0.25, 0.3) is 0 Å². The standard InChI is InChI=1S/C14H19ClN2O2/c1-2-19-11-4-3-7-17(9-11)14(18)10-5-6-13(16)12(15)8-10/h5-6,8,11H,2-4,7,9,16H2,1H3. The van der Waals surface area contributed by atoms with E-state index in [0.717, 1.165) is 19.4 Å². The van der Waals surface area contributed by atoms with Gasteiger partial charge in [-0.2, -0.15) is 0 Å². The molecule has 2 N–H and O–H groups in total. The fourth-order valence-electron chi connectivity index (χ4n) is 2.34. The van der Waals surface area contributed by atoms with E-state index in [1.807, 2.05) is 11.8 Å². The summed E-state index contributed by atoms with van der Waals surface area (Å²) >= 11 is 5.95. The Bertz CT molecular complexity index is 463. The first-order chi connectivity index (χ1) is 9.11. The fourth-order valence-corrected chi connectivity index (χ4v) is 2.52. The number of rotatable bonds is 3. The van der Waals surface area contributed by atoms with Gasteiger partial charge >= 0.3 is 0 Å². The third-order valence-corrected chi connectivity index (χ3v) is 3.64. The minimum Gasteiger partial charge on any atom is -0.398 e. The number of carbonyl (C=O) groups excluding carboxylic acids is 1. The number of hydrogen-bond donors (Lipinski definition) is 1. The number of nitrogens with two attached hydrogens (primary N) is 1. The molecule has 1 fully saturated rings. The van der Waals surface area contributed by atoms with Gasteiger partial charge in [-0.05, 0) is 38.0 Å². The zero-order valence-electron chi connectivity index (χ0n) is 11.1. The predicted molar refractivity (Wildman–Crippen MR) is 76.4 cm³/mol.